The second kappa shape index (κ2) is 5.14. The van der Waals surface area contributed by atoms with Crippen LogP contribution in [0.5, 0.6) is 0 Å². The zero-order chi connectivity index (χ0) is 11.4. The molecule has 0 aliphatic carbocycles. The molecule has 0 aliphatic heterocycles. The zero-order valence-corrected chi connectivity index (χ0v) is 7.84. The van der Waals surface area contributed by atoms with Gasteiger partial charge < -0.3 is 9.05 Å². The molecule has 0 atom stereocenters. The first-order valence-electron chi connectivity index (χ1n) is 3.23. The van der Waals surface area contributed by atoms with E-state index < -0.39 is 33.9 Å². The van der Waals surface area contributed by atoms with E-state index in [4.69, 9.17) is 0 Å². The Morgan fingerprint density at radius 2 is 1.14 bits per heavy atom. The quantitative estimate of drug-likeness (QED) is 0.558. The van der Waals surface area contributed by atoms with Crippen molar-refractivity contribution in [3.05, 3.63) is 0 Å². The molecule has 0 aromatic rings. The van der Waals surface area contributed by atoms with Gasteiger partial charge in [0.15, 0.2) is 8.38 Å². The maximum atomic E-state index is 11.5. The Balaban J connectivity index is 3.62. The molecule has 0 aromatic heterocycles. The van der Waals surface area contributed by atoms with E-state index in [1.54, 1.807) is 0 Å². The first-order valence-corrected chi connectivity index (χ1v) is 4.86. The minimum atomic E-state index is -4.56. The highest BCUT2D eigenvalue weighted by molar-refractivity contribution is 7.46. The van der Waals surface area contributed by atoms with E-state index in [9.17, 15) is 26.3 Å². The van der Waals surface area contributed by atoms with Gasteiger partial charge in [-0.3, -0.25) is 0 Å². The van der Waals surface area contributed by atoms with Crippen LogP contribution in [0.1, 0.15) is 0 Å². The SMILES string of the molecule is CP(OCC(F)(F)F)OCC(F)(F)F. The molecule has 9 heteroatoms. The second-order valence-corrected chi connectivity index (χ2v) is 3.61. The third-order valence-corrected chi connectivity index (χ3v) is 1.81. The van der Waals surface area contributed by atoms with E-state index in [0.29, 0.717) is 0 Å². The highest BCUT2D eigenvalue weighted by atomic mass is 31.2. The van der Waals surface area contributed by atoms with Gasteiger partial charge in [-0.25, -0.2) is 0 Å². The summed E-state index contributed by atoms with van der Waals surface area (Å²) >= 11 is 0. The fourth-order valence-electron chi connectivity index (χ4n) is 0.365. The highest BCUT2D eigenvalue weighted by Gasteiger charge is 2.31. The lowest BCUT2D eigenvalue weighted by Gasteiger charge is -2.15. The molecule has 0 amide bonds. The summed E-state index contributed by atoms with van der Waals surface area (Å²) in [4.78, 5) is 0. The molecule has 0 N–H and O–H groups in total. The molecule has 0 heterocycles. The second-order valence-electron chi connectivity index (χ2n) is 2.22. The van der Waals surface area contributed by atoms with Crippen LogP contribution >= 0.6 is 8.38 Å². The molecule has 0 saturated heterocycles. The molecule has 0 bridgehead atoms. The number of hydrogen-bond donors (Lipinski definition) is 0. The highest BCUT2D eigenvalue weighted by Crippen LogP contribution is 2.37. The Morgan fingerprint density at radius 1 is 0.857 bits per heavy atom. The van der Waals surface area contributed by atoms with Gasteiger partial charge in [0.1, 0.15) is 13.2 Å². The monoisotopic (exact) mass is 244 g/mol. The lowest BCUT2D eigenvalue weighted by Crippen LogP contribution is -2.18. The number of hydrogen-bond acceptors (Lipinski definition) is 2. The normalized spacial score (nSPS) is 13.7. The predicted octanol–water partition coefficient (Wildman–Crippen LogP) is 3.09. The molecule has 86 valence electrons. The average molecular weight is 244 g/mol. The van der Waals surface area contributed by atoms with E-state index >= 15 is 0 Å². The minimum absolute atomic E-state index is 1.02. The molecule has 0 spiro atoms. The fourth-order valence-corrected chi connectivity index (χ4v) is 1.10. The Kier molecular flexibility index (Phi) is 5.11. The van der Waals surface area contributed by atoms with Crippen LogP contribution in [0.3, 0.4) is 0 Å². The van der Waals surface area contributed by atoms with Crippen LogP contribution in [0.15, 0.2) is 0 Å². The Hall–Kier alpha value is -0.0700. The molecule has 0 rings (SSSR count). The standard InChI is InChI=1S/C5H7F6O2P/c1-14(12-2-4(6,7)8)13-3-5(9,10)11/h2-3H2,1H3. The molecule has 0 radical (unpaired) electrons. The molecule has 0 aromatic carbocycles. The van der Waals surface area contributed by atoms with E-state index in [-0.39, 0.29) is 0 Å². The first-order chi connectivity index (χ1) is 6.10. The Labute approximate surface area is 77.1 Å². The van der Waals surface area contributed by atoms with Crippen LogP contribution < -0.4 is 0 Å². The molecule has 0 aliphatic rings. The Bertz CT molecular complexity index is 149. The van der Waals surface area contributed by atoms with Gasteiger partial charge in [0.05, 0.1) is 0 Å². The van der Waals surface area contributed by atoms with Gasteiger partial charge in [-0.2, -0.15) is 26.3 Å². The van der Waals surface area contributed by atoms with Gasteiger partial charge >= 0.3 is 12.4 Å². The van der Waals surface area contributed by atoms with Gasteiger partial charge in [0.25, 0.3) is 0 Å². The predicted molar refractivity (Wildman–Crippen MR) is 36.9 cm³/mol. The summed E-state index contributed by atoms with van der Waals surface area (Å²) in [6.07, 6.45) is -9.11. The van der Waals surface area contributed by atoms with Crippen molar-refractivity contribution in [1.29, 1.82) is 0 Å². The van der Waals surface area contributed by atoms with Gasteiger partial charge in [0.2, 0.25) is 0 Å². The van der Waals surface area contributed by atoms with Crippen LogP contribution in [-0.4, -0.2) is 32.2 Å². The topological polar surface area (TPSA) is 18.5 Å². The van der Waals surface area contributed by atoms with E-state index in [1.165, 1.54) is 0 Å². The molecule has 2 nitrogen and oxygen atoms in total. The fraction of sp³-hybridized carbons (Fsp3) is 1.00. The van der Waals surface area contributed by atoms with Crippen molar-refractivity contribution in [3.8, 4) is 0 Å². The van der Waals surface area contributed by atoms with Crippen molar-refractivity contribution < 1.29 is 35.4 Å². The minimum Gasteiger partial charge on any atom is -0.325 e. The summed E-state index contributed by atoms with van der Waals surface area (Å²) in [5.41, 5.74) is 0. The van der Waals surface area contributed by atoms with Crippen LogP contribution in [0, 0.1) is 0 Å². The molecule has 0 unspecified atom stereocenters. The van der Waals surface area contributed by atoms with Crippen molar-refractivity contribution in [1.82, 2.24) is 0 Å². The van der Waals surface area contributed by atoms with Crippen LogP contribution in [0.2, 0.25) is 0 Å². The lowest BCUT2D eigenvalue weighted by atomic mass is 10.7. The summed E-state index contributed by atoms with van der Waals surface area (Å²) in [5.74, 6) is 0. The summed E-state index contributed by atoms with van der Waals surface area (Å²) in [7, 11) is -2.15. The van der Waals surface area contributed by atoms with Crippen molar-refractivity contribution in [3.63, 3.8) is 0 Å². The van der Waals surface area contributed by atoms with Gasteiger partial charge in [0, 0.05) is 6.66 Å². The maximum Gasteiger partial charge on any atom is 0.412 e. The number of rotatable bonds is 4. The molecule has 0 fully saturated rings. The van der Waals surface area contributed by atoms with Gasteiger partial charge in [-0.05, 0) is 0 Å². The number of halogens is 6. The maximum absolute atomic E-state index is 11.5. The average Bonchev–Trinajstić information content (AvgIpc) is 1.94. The first kappa shape index (κ1) is 13.9. The summed E-state index contributed by atoms with van der Waals surface area (Å²) < 4.78 is 77.0. The largest absolute Gasteiger partial charge is 0.412 e. The van der Waals surface area contributed by atoms with Crippen molar-refractivity contribution in [2.75, 3.05) is 19.9 Å². The van der Waals surface area contributed by atoms with Crippen molar-refractivity contribution >= 4 is 8.38 Å². The van der Waals surface area contributed by atoms with Crippen molar-refractivity contribution in [2.45, 2.75) is 12.4 Å². The lowest BCUT2D eigenvalue weighted by molar-refractivity contribution is -0.162. The third kappa shape index (κ3) is 10.0. The van der Waals surface area contributed by atoms with E-state index in [0.717, 1.165) is 6.66 Å². The van der Waals surface area contributed by atoms with Gasteiger partial charge in [-0.1, -0.05) is 0 Å². The molecular formula is C5H7F6O2P. The summed E-state index contributed by atoms with van der Waals surface area (Å²) in [6.45, 7) is -2.19. The molecule has 0 saturated carbocycles. The summed E-state index contributed by atoms with van der Waals surface area (Å²) in [6, 6.07) is 0. The molecular weight excluding hydrogens is 237 g/mol. The van der Waals surface area contributed by atoms with Crippen LogP contribution in [0.25, 0.3) is 0 Å². The summed E-state index contributed by atoms with van der Waals surface area (Å²) in [5, 5.41) is 0. The van der Waals surface area contributed by atoms with E-state index in [1.807, 2.05) is 0 Å². The molecule has 14 heavy (non-hydrogen) atoms. The van der Waals surface area contributed by atoms with Gasteiger partial charge in [-0.15, -0.1) is 0 Å². The van der Waals surface area contributed by atoms with Crippen LogP contribution in [-0.2, 0) is 9.05 Å². The smallest absolute Gasteiger partial charge is 0.325 e. The van der Waals surface area contributed by atoms with Crippen molar-refractivity contribution in [2.24, 2.45) is 0 Å². The zero-order valence-electron chi connectivity index (χ0n) is 6.95. The van der Waals surface area contributed by atoms with E-state index in [2.05, 4.69) is 9.05 Å². The van der Waals surface area contributed by atoms with Crippen LogP contribution in [0.4, 0.5) is 26.3 Å². The number of alkyl halides is 6. The third-order valence-electron chi connectivity index (χ3n) is 0.820. The Morgan fingerprint density at radius 3 is 1.36 bits per heavy atom.